The van der Waals surface area contributed by atoms with Crippen LogP contribution >= 0.6 is 11.6 Å². The minimum absolute atomic E-state index is 0.0336. The Morgan fingerprint density at radius 1 is 1.10 bits per heavy atom. The van der Waals surface area contributed by atoms with Gasteiger partial charge in [0.1, 0.15) is 5.78 Å². The number of hydrogen-bond acceptors (Lipinski definition) is 2. The molecular formula is C18H16ClNO. The molecule has 2 rings (SSSR count). The highest BCUT2D eigenvalue weighted by atomic mass is 35.5. The van der Waals surface area contributed by atoms with Gasteiger partial charge in [0.15, 0.2) is 0 Å². The lowest BCUT2D eigenvalue weighted by Gasteiger charge is -2.32. The minimum atomic E-state index is -0.790. The number of halogens is 1. The summed E-state index contributed by atoms with van der Waals surface area (Å²) < 4.78 is 0. The predicted octanol–water partition coefficient (Wildman–Crippen LogP) is 4.52. The van der Waals surface area contributed by atoms with Crippen molar-refractivity contribution in [3.8, 4) is 6.07 Å². The molecule has 0 N–H and O–H groups in total. The van der Waals surface area contributed by atoms with Crippen LogP contribution in [0.2, 0.25) is 5.02 Å². The fourth-order valence-electron chi connectivity index (χ4n) is 2.74. The summed E-state index contributed by atoms with van der Waals surface area (Å²) in [4.78, 5) is 12.5. The molecule has 2 nitrogen and oxygen atoms in total. The first-order valence-electron chi connectivity index (χ1n) is 6.81. The zero-order valence-corrected chi connectivity index (χ0v) is 12.6. The highest BCUT2D eigenvalue weighted by molar-refractivity contribution is 6.30. The number of benzene rings is 2. The Balaban J connectivity index is 2.64. The Morgan fingerprint density at radius 2 is 1.67 bits per heavy atom. The van der Waals surface area contributed by atoms with Crippen LogP contribution in [0.1, 0.15) is 30.9 Å². The monoisotopic (exact) mass is 297 g/mol. The molecule has 106 valence electrons. The molecule has 0 heterocycles. The van der Waals surface area contributed by atoms with Crippen molar-refractivity contribution in [1.82, 2.24) is 0 Å². The van der Waals surface area contributed by atoms with Crippen LogP contribution in [-0.4, -0.2) is 5.78 Å². The first-order valence-corrected chi connectivity index (χ1v) is 7.18. The van der Waals surface area contributed by atoms with Gasteiger partial charge in [-0.05, 0) is 36.6 Å². The maximum absolute atomic E-state index is 12.5. The molecule has 21 heavy (non-hydrogen) atoms. The average molecular weight is 298 g/mol. The van der Waals surface area contributed by atoms with Crippen molar-refractivity contribution in [2.24, 2.45) is 0 Å². The van der Waals surface area contributed by atoms with E-state index in [1.54, 1.807) is 19.1 Å². The first-order chi connectivity index (χ1) is 10.1. The lowest BCUT2D eigenvalue weighted by molar-refractivity contribution is -0.121. The quantitative estimate of drug-likeness (QED) is 0.814. The Labute approximate surface area is 130 Å². The van der Waals surface area contributed by atoms with E-state index in [0.29, 0.717) is 17.9 Å². The van der Waals surface area contributed by atoms with Gasteiger partial charge in [-0.25, -0.2) is 0 Å². The fourth-order valence-corrected chi connectivity index (χ4v) is 2.86. The molecular weight excluding hydrogens is 282 g/mol. The van der Waals surface area contributed by atoms with Crippen LogP contribution in [0.15, 0.2) is 54.6 Å². The second-order valence-electron chi connectivity index (χ2n) is 4.99. The van der Waals surface area contributed by atoms with Crippen LogP contribution in [0.25, 0.3) is 0 Å². The molecule has 1 unspecified atom stereocenters. The largest absolute Gasteiger partial charge is 0.299 e. The molecule has 0 aromatic heterocycles. The summed E-state index contributed by atoms with van der Waals surface area (Å²) in [6.07, 6.45) is 0.779. The third-order valence-corrected chi connectivity index (χ3v) is 4.07. The lowest BCUT2D eigenvalue weighted by Crippen LogP contribution is -2.35. The van der Waals surface area contributed by atoms with Crippen LogP contribution in [0, 0.1) is 11.3 Å². The summed E-state index contributed by atoms with van der Waals surface area (Å²) >= 11 is 5.95. The van der Waals surface area contributed by atoms with Crippen LogP contribution in [0.4, 0.5) is 0 Å². The van der Waals surface area contributed by atoms with Gasteiger partial charge in [0.25, 0.3) is 0 Å². The molecule has 0 saturated heterocycles. The van der Waals surface area contributed by atoms with Gasteiger partial charge < -0.3 is 0 Å². The average Bonchev–Trinajstić information content (AvgIpc) is 2.50. The molecule has 2 aromatic carbocycles. The van der Waals surface area contributed by atoms with Gasteiger partial charge in [0, 0.05) is 11.4 Å². The predicted molar refractivity (Wildman–Crippen MR) is 84.2 cm³/mol. The number of rotatable bonds is 5. The van der Waals surface area contributed by atoms with Gasteiger partial charge >= 0.3 is 0 Å². The van der Waals surface area contributed by atoms with Gasteiger partial charge in [0.2, 0.25) is 0 Å². The van der Waals surface area contributed by atoms with Crippen molar-refractivity contribution in [2.45, 2.75) is 25.2 Å². The Kier molecular flexibility index (Phi) is 4.77. The molecule has 0 spiro atoms. The highest BCUT2D eigenvalue weighted by Gasteiger charge is 2.38. The van der Waals surface area contributed by atoms with Gasteiger partial charge in [-0.15, -0.1) is 0 Å². The summed E-state index contributed by atoms with van der Waals surface area (Å²) in [6, 6.07) is 19.1. The summed E-state index contributed by atoms with van der Waals surface area (Å²) in [5.41, 5.74) is 0.998. The molecule has 2 aromatic rings. The number of carbonyl (C=O) groups is 1. The SMILES string of the molecule is CC(=O)C(CCC#N)(c1ccccc1)c1ccc(Cl)cc1. The van der Waals surface area contributed by atoms with Gasteiger partial charge in [-0.2, -0.15) is 5.26 Å². The second kappa shape index (κ2) is 6.56. The fraction of sp³-hybridized carbons (Fsp3) is 0.222. The number of ketones is 1. The Morgan fingerprint density at radius 3 is 2.19 bits per heavy atom. The Bertz CT molecular complexity index is 658. The van der Waals surface area contributed by atoms with Crippen LogP contribution in [0.5, 0.6) is 0 Å². The van der Waals surface area contributed by atoms with Gasteiger partial charge in [-0.1, -0.05) is 54.1 Å². The van der Waals surface area contributed by atoms with Crippen LogP contribution in [0.3, 0.4) is 0 Å². The second-order valence-corrected chi connectivity index (χ2v) is 5.43. The molecule has 0 fully saturated rings. The van der Waals surface area contributed by atoms with Crippen molar-refractivity contribution >= 4 is 17.4 Å². The molecule has 0 saturated carbocycles. The zero-order chi connectivity index (χ0) is 15.3. The summed E-state index contributed by atoms with van der Waals surface area (Å²) in [6.45, 7) is 1.58. The topological polar surface area (TPSA) is 40.9 Å². The normalized spacial score (nSPS) is 13.2. The molecule has 0 amide bonds. The minimum Gasteiger partial charge on any atom is -0.299 e. The number of hydrogen-bond donors (Lipinski definition) is 0. The molecule has 0 aliphatic rings. The maximum atomic E-state index is 12.5. The van der Waals surface area contributed by atoms with E-state index >= 15 is 0 Å². The van der Waals surface area contributed by atoms with E-state index < -0.39 is 5.41 Å². The molecule has 0 aliphatic heterocycles. The van der Waals surface area contributed by atoms with Gasteiger partial charge in [-0.3, -0.25) is 4.79 Å². The van der Waals surface area contributed by atoms with Crippen molar-refractivity contribution in [1.29, 1.82) is 5.26 Å². The van der Waals surface area contributed by atoms with E-state index in [-0.39, 0.29) is 5.78 Å². The van der Waals surface area contributed by atoms with E-state index in [0.717, 1.165) is 11.1 Å². The third kappa shape index (κ3) is 2.99. The van der Waals surface area contributed by atoms with Crippen molar-refractivity contribution < 1.29 is 4.79 Å². The van der Waals surface area contributed by atoms with Crippen molar-refractivity contribution in [3.63, 3.8) is 0 Å². The van der Waals surface area contributed by atoms with E-state index in [2.05, 4.69) is 6.07 Å². The summed E-state index contributed by atoms with van der Waals surface area (Å²) in [7, 11) is 0. The van der Waals surface area contributed by atoms with Gasteiger partial charge in [0.05, 0.1) is 11.5 Å². The van der Waals surface area contributed by atoms with E-state index in [4.69, 9.17) is 16.9 Å². The standard InChI is InChI=1S/C18H16ClNO/c1-14(21)18(12-5-13-20,15-6-3-2-4-7-15)16-8-10-17(19)11-9-16/h2-4,6-11H,5,12H2,1H3. The molecule has 0 aliphatic carbocycles. The van der Waals surface area contributed by atoms with Crippen molar-refractivity contribution in [3.05, 3.63) is 70.7 Å². The summed E-state index contributed by atoms with van der Waals surface area (Å²) in [5, 5.41) is 9.60. The molecule has 0 radical (unpaired) electrons. The number of carbonyl (C=O) groups excluding carboxylic acids is 1. The molecule has 3 heteroatoms. The van der Waals surface area contributed by atoms with E-state index in [9.17, 15) is 4.79 Å². The smallest absolute Gasteiger partial charge is 0.144 e. The third-order valence-electron chi connectivity index (χ3n) is 3.82. The molecule has 1 atom stereocenters. The van der Waals surface area contributed by atoms with Crippen LogP contribution in [-0.2, 0) is 10.2 Å². The van der Waals surface area contributed by atoms with Crippen LogP contribution < -0.4 is 0 Å². The molecule has 0 bridgehead atoms. The number of nitrogens with zero attached hydrogens (tertiary/aromatic N) is 1. The zero-order valence-electron chi connectivity index (χ0n) is 11.8. The summed E-state index contributed by atoms with van der Waals surface area (Å²) in [5.74, 6) is 0.0336. The Hall–Kier alpha value is -2.11. The van der Waals surface area contributed by atoms with E-state index in [1.165, 1.54) is 0 Å². The first kappa shape index (κ1) is 15.3. The highest BCUT2D eigenvalue weighted by Crippen LogP contribution is 2.38. The maximum Gasteiger partial charge on any atom is 0.144 e. The number of nitriles is 1. The van der Waals surface area contributed by atoms with E-state index in [1.807, 2.05) is 42.5 Å². The lowest BCUT2D eigenvalue weighted by atomic mass is 9.69. The van der Waals surface area contributed by atoms with Crippen molar-refractivity contribution in [2.75, 3.05) is 0 Å². The number of Topliss-reactive ketones (excluding diaryl/α,β-unsaturated/α-hetero) is 1.